The second-order valence-corrected chi connectivity index (χ2v) is 8.43. The van der Waals surface area contributed by atoms with E-state index in [9.17, 15) is 0 Å². The molecular weight excluding hydrogens is 354 g/mol. The fourth-order valence-corrected chi connectivity index (χ4v) is 3.88. The van der Waals surface area contributed by atoms with Crippen molar-refractivity contribution in [1.82, 2.24) is 4.98 Å². The molecular formula is C27H25NO. The van der Waals surface area contributed by atoms with E-state index < -0.39 is 18.6 Å². The number of pyridine rings is 1. The summed E-state index contributed by atoms with van der Waals surface area (Å²) >= 11 is 0. The van der Waals surface area contributed by atoms with Crippen molar-refractivity contribution in [3.63, 3.8) is 0 Å². The Morgan fingerprint density at radius 2 is 1.83 bits per heavy atom. The number of fused-ring (bicyclic) bond motifs is 5. The summed E-state index contributed by atoms with van der Waals surface area (Å²) in [5.74, 6) is 0. The van der Waals surface area contributed by atoms with Gasteiger partial charge in [0.1, 0.15) is 11.2 Å². The maximum absolute atomic E-state index is 8.81. The highest BCUT2D eigenvalue weighted by Crippen LogP contribution is 2.39. The summed E-state index contributed by atoms with van der Waals surface area (Å²) in [7, 11) is 0. The van der Waals surface area contributed by atoms with Crippen LogP contribution in [-0.2, 0) is 6.37 Å². The molecule has 2 nitrogen and oxygen atoms in total. The van der Waals surface area contributed by atoms with Crippen molar-refractivity contribution in [3.8, 4) is 11.3 Å². The molecule has 0 amide bonds. The summed E-state index contributed by atoms with van der Waals surface area (Å²) in [6, 6.07) is 19.5. The molecule has 144 valence electrons. The smallest absolute Gasteiger partial charge is 0.144 e. The Balaban J connectivity index is 1.81. The van der Waals surface area contributed by atoms with E-state index in [2.05, 4.69) is 17.1 Å². The predicted octanol–water partition coefficient (Wildman–Crippen LogP) is 7.70. The topological polar surface area (TPSA) is 26.0 Å². The largest absolute Gasteiger partial charge is 0.455 e. The van der Waals surface area contributed by atoms with Crippen LogP contribution in [0, 0.1) is 12.3 Å². The average Bonchev–Trinajstić information content (AvgIpc) is 3.16. The quantitative estimate of drug-likeness (QED) is 0.312. The van der Waals surface area contributed by atoms with Crippen molar-refractivity contribution in [1.29, 1.82) is 0 Å². The van der Waals surface area contributed by atoms with Crippen molar-refractivity contribution in [2.75, 3.05) is 0 Å². The van der Waals surface area contributed by atoms with Crippen molar-refractivity contribution < 1.29 is 11.3 Å². The molecule has 0 saturated heterocycles. The van der Waals surface area contributed by atoms with Crippen LogP contribution in [0.4, 0.5) is 0 Å². The number of para-hydroxylation sites is 1. The molecule has 0 spiro atoms. The van der Waals surface area contributed by atoms with Gasteiger partial charge in [-0.25, -0.2) is 0 Å². The van der Waals surface area contributed by atoms with Crippen LogP contribution < -0.4 is 0 Å². The van der Waals surface area contributed by atoms with Gasteiger partial charge >= 0.3 is 0 Å². The number of aryl methyl sites for hydroxylation is 1. The molecule has 5 aromatic rings. The third-order valence-electron chi connectivity index (χ3n) is 5.08. The lowest BCUT2D eigenvalue weighted by Gasteiger charge is -2.20. The highest BCUT2D eigenvalue weighted by atomic mass is 16.3. The molecule has 0 fully saturated rings. The SMILES string of the molecule is [2H]C([2H])([2H])c1cnc(-c2cccc3c2oc2ccc4ccccc4c23)cc1C([2H])([2H])C(C)(C)C. The molecule has 0 unspecified atom stereocenters. The van der Waals surface area contributed by atoms with E-state index in [1.165, 1.54) is 6.20 Å². The standard InChI is InChI=1S/C27H25NO/c1-17-16-28-23(14-19(17)15-27(2,3)4)21-10-7-11-22-25-20-9-6-5-8-18(20)12-13-24(25)29-26(21)22/h5-14,16H,15H2,1-4H3/i1D3,15D2. The molecule has 2 aromatic heterocycles. The van der Waals surface area contributed by atoms with Crippen molar-refractivity contribution in [2.24, 2.45) is 5.41 Å². The normalized spacial score (nSPS) is 15.8. The van der Waals surface area contributed by atoms with Crippen LogP contribution in [0.1, 0.15) is 38.8 Å². The van der Waals surface area contributed by atoms with Crippen LogP contribution in [0.25, 0.3) is 44.0 Å². The van der Waals surface area contributed by atoms with E-state index in [1.54, 1.807) is 26.8 Å². The summed E-state index contributed by atoms with van der Waals surface area (Å²) in [5.41, 5.74) is 1.81. The van der Waals surface area contributed by atoms with Crippen LogP contribution >= 0.6 is 0 Å². The number of hydrogen-bond acceptors (Lipinski definition) is 2. The van der Waals surface area contributed by atoms with E-state index in [4.69, 9.17) is 11.3 Å². The number of aromatic nitrogens is 1. The Morgan fingerprint density at radius 3 is 2.66 bits per heavy atom. The first kappa shape index (κ1) is 13.2. The summed E-state index contributed by atoms with van der Waals surface area (Å²) in [5, 5.41) is 4.15. The van der Waals surface area contributed by atoms with Crippen molar-refractivity contribution >= 4 is 32.7 Å². The number of hydrogen-bond donors (Lipinski definition) is 0. The van der Waals surface area contributed by atoms with E-state index >= 15 is 0 Å². The minimum Gasteiger partial charge on any atom is -0.455 e. The van der Waals surface area contributed by atoms with Gasteiger partial charge in [-0.05, 0) is 58.7 Å². The second-order valence-electron chi connectivity index (χ2n) is 8.43. The van der Waals surface area contributed by atoms with Crippen LogP contribution in [0.15, 0.2) is 71.3 Å². The van der Waals surface area contributed by atoms with Crippen LogP contribution in [-0.4, -0.2) is 4.98 Å². The average molecular weight is 385 g/mol. The zero-order chi connectivity index (χ0) is 24.5. The lowest BCUT2D eigenvalue weighted by Crippen LogP contribution is -2.10. The zero-order valence-corrected chi connectivity index (χ0v) is 16.7. The molecule has 0 bridgehead atoms. The molecule has 0 radical (unpaired) electrons. The minimum atomic E-state index is -2.48. The molecule has 2 heteroatoms. The summed E-state index contributed by atoms with van der Waals surface area (Å²) in [4.78, 5) is 4.47. The van der Waals surface area contributed by atoms with Crippen molar-refractivity contribution in [3.05, 3.63) is 78.0 Å². The highest BCUT2D eigenvalue weighted by molar-refractivity contribution is 6.20. The van der Waals surface area contributed by atoms with E-state index in [1.807, 2.05) is 42.5 Å². The second kappa shape index (κ2) is 6.45. The first-order valence-electron chi connectivity index (χ1n) is 12.2. The van der Waals surface area contributed by atoms with Gasteiger partial charge in [-0.3, -0.25) is 4.98 Å². The maximum atomic E-state index is 8.81. The molecule has 0 aliphatic heterocycles. The molecule has 0 saturated carbocycles. The molecule has 0 atom stereocenters. The molecule has 3 aromatic carbocycles. The molecule has 5 rings (SSSR count). The van der Waals surface area contributed by atoms with Gasteiger partial charge in [-0.15, -0.1) is 0 Å². The van der Waals surface area contributed by atoms with Gasteiger partial charge in [-0.2, -0.15) is 0 Å². The number of furan rings is 1. The van der Waals surface area contributed by atoms with Crippen LogP contribution in [0.5, 0.6) is 0 Å². The molecule has 2 heterocycles. The predicted molar refractivity (Wildman–Crippen MR) is 122 cm³/mol. The Bertz CT molecular complexity index is 1560. The molecule has 0 N–H and O–H groups in total. The lowest BCUT2D eigenvalue weighted by atomic mass is 9.86. The summed E-state index contributed by atoms with van der Waals surface area (Å²) in [6.45, 7) is 2.81. The van der Waals surface area contributed by atoms with Gasteiger partial charge < -0.3 is 4.42 Å². The monoisotopic (exact) mass is 384 g/mol. The van der Waals surface area contributed by atoms with Gasteiger partial charge in [0.2, 0.25) is 0 Å². The fraction of sp³-hybridized carbons (Fsp3) is 0.222. The Morgan fingerprint density at radius 1 is 1.00 bits per heavy atom. The first-order chi connectivity index (χ1) is 15.9. The molecule has 0 aliphatic carbocycles. The number of rotatable bonds is 2. The van der Waals surface area contributed by atoms with Gasteiger partial charge in [-0.1, -0.05) is 63.2 Å². The Labute approximate surface area is 178 Å². The maximum Gasteiger partial charge on any atom is 0.144 e. The summed E-state index contributed by atoms with van der Waals surface area (Å²) in [6.07, 6.45) is -0.607. The molecule has 29 heavy (non-hydrogen) atoms. The van der Waals surface area contributed by atoms with Gasteiger partial charge in [0.15, 0.2) is 0 Å². The molecule has 0 aliphatic rings. The van der Waals surface area contributed by atoms with E-state index in [-0.39, 0.29) is 11.1 Å². The third kappa shape index (κ3) is 3.09. The van der Waals surface area contributed by atoms with Crippen molar-refractivity contribution in [2.45, 2.75) is 34.0 Å². The van der Waals surface area contributed by atoms with E-state index in [0.29, 0.717) is 16.8 Å². The van der Waals surface area contributed by atoms with Gasteiger partial charge in [0.05, 0.1) is 5.69 Å². The number of nitrogens with zero attached hydrogens (tertiary/aromatic N) is 1. The Hall–Kier alpha value is -3.13. The summed E-state index contributed by atoms with van der Waals surface area (Å²) < 4.78 is 47.8. The highest BCUT2D eigenvalue weighted by Gasteiger charge is 2.17. The zero-order valence-electron chi connectivity index (χ0n) is 21.7. The first-order valence-corrected chi connectivity index (χ1v) is 9.74. The fourth-order valence-electron chi connectivity index (χ4n) is 3.88. The number of benzene rings is 3. The third-order valence-corrected chi connectivity index (χ3v) is 5.08. The van der Waals surface area contributed by atoms with Gasteiger partial charge in [0.25, 0.3) is 0 Å². The minimum absolute atomic E-state index is 0.0704. The lowest BCUT2D eigenvalue weighted by molar-refractivity contribution is 0.410. The Kier molecular flexibility index (Phi) is 2.93. The van der Waals surface area contributed by atoms with E-state index in [0.717, 1.165) is 27.1 Å². The van der Waals surface area contributed by atoms with Crippen LogP contribution in [0.2, 0.25) is 0 Å². The van der Waals surface area contributed by atoms with Gasteiger partial charge in [0, 0.05) is 29.4 Å². The van der Waals surface area contributed by atoms with Crippen LogP contribution in [0.3, 0.4) is 0 Å².